The highest BCUT2D eigenvalue weighted by molar-refractivity contribution is 5.98. The fourth-order valence-electron chi connectivity index (χ4n) is 4.74. The maximum Gasteiger partial charge on any atom is 0.246 e. The van der Waals surface area contributed by atoms with Crippen LogP contribution in [0.25, 0.3) is 0 Å². The molecular formula is C22H28N4O4. The average Bonchev–Trinajstić information content (AvgIpc) is 3.42. The van der Waals surface area contributed by atoms with E-state index >= 15 is 0 Å². The summed E-state index contributed by atoms with van der Waals surface area (Å²) < 4.78 is 0. The predicted molar refractivity (Wildman–Crippen MR) is 109 cm³/mol. The van der Waals surface area contributed by atoms with Gasteiger partial charge in [-0.25, -0.2) is 0 Å². The third kappa shape index (κ3) is 3.91. The van der Waals surface area contributed by atoms with Gasteiger partial charge in [0.2, 0.25) is 23.6 Å². The number of nitrogens with one attached hydrogen (secondary N) is 2. The first kappa shape index (κ1) is 20.4. The van der Waals surface area contributed by atoms with Crippen LogP contribution in [0.3, 0.4) is 0 Å². The lowest BCUT2D eigenvalue weighted by atomic mass is 10.0. The van der Waals surface area contributed by atoms with Gasteiger partial charge in [0.1, 0.15) is 24.2 Å². The molecule has 30 heavy (non-hydrogen) atoms. The van der Waals surface area contributed by atoms with Crippen molar-refractivity contribution in [2.75, 3.05) is 13.1 Å². The number of fused-ring (bicyclic) bond motifs is 2. The zero-order valence-electron chi connectivity index (χ0n) is 17.2. The number of hydrogen-bond donors (Lipinski definition) is 2. The Morgan fingerprint density at radius 3 is 2.03 bits per heavy atom. The largest absolute Gasteiger partial charge is 0.343 e. The molecule has 3 saturated heterocycles. The molecule has 0 saturated carbocycles. The molecule has 3 fully saturated rings. The average molecular weight is 412 g/mol. The molecule has 4 amide bonds. The topological polar surface area (TPSA) is 98.8 Å². The highest BCUT2D eigenvalue weighted by Crippen LogP contribution is 2.23. The summed E-state index contributed by atoms with van der Waals surface area (Å²) in [7, 11) is 0. The molecule has 0 radical (unpaired) electrons. The maximum atomic E-state index is 13.4. The van der Waals surface area contributed by atoms with Gasteiger partial charge in [0.05, 0.1) is 0 Å². The molecule has 0 unspecified atom stereocenters. The van der Waals surface area contributed by atoms with Gasteiger partial charge < -0.3 is 20.4 Å². The van der Waals surface area contributed by atoms with E-state index in [1.54, 1.807) is 16.7 Å². The summed E-state index contributed by atoms with van der Waals surface area (Å²) in [5.41, 5.74) is 0.927. The maximum absolute atomic E-state index is 13.4. The summed E-state index contributed by atoms with van der Waals surface area (Å²) in [5, 5.41) is 5.69. The van der Waals surface area contributed by atoms with Crippen LogP contribution in [0.2, 0.25) is 0 Å². The second-order valence-corrected chi connectivity index (χ2v) is 8.36. The van der Waals surface area contributed by atoms with Crippen LogP contribution >= 0.6 is 0 Å². The second kappa shape index (κ2) is 8.45. The zero-order valence-corrected chi connectivity index (χ0v) is 17.2. The number of amides is 4. The summed E-state index contributed by atoms with van der Waals surface area (Å²) >= 11 is 0. The Kier molecular flexibility index (Phi) is 5.74. The van der Waals surface area contributed by atoms with Gasteiger partial charge in [-0.2, -0.15) is 0 Å². The first-order valence-electron chi connectivity index (χ1n) is 10.7. The van der Waals surface area contributed by atoms with Gasteiger partial charge in [0.25, 0.3) is 0 Å². The highest BCUT2D eigenvalue weighted by atomic mass is 16.2. The van der Waals surface area contributed by atoms with E-state index in [0.29, 0.717) is 38.8 Å². The fraction of sp³-hybridized carbons (Fsp3) is 0.545. The van der Waals surface area contributed by atoms with E-state index in [1.807, 2.05) is 30.3 Å². The van der Waals surface area contributed by atoms with Crippen LogP contribution in [0, 0.1) is 0 Å². The summed E-state index contributed by atoms with van der Waals surface area (Å²) in [6.07, 6.45) is 2.88. The smallest absolute Gasteiger partial charge is 0.246 e. The van der Waals surface area contributed by atoms with Gasteiger partial charge in [-0.3, -0.25) is 19.2 Å². The van der Waals surface area contributed by atoms with Crippen molar-refractivity contribution in [1.29, 1.82) is 0 Å². The van der Waals surface area contributed by atoms with Gasteiger partial charge in [0.15, 0.2) is 0 Å². The number of carbonyl (C=O) groups is 4. The SMILES string of the molecule is C[C@@H]1NC(=O)[C@@H]2CCCN2C(=O)[C@@H](Cc2ccccc2)NC(=O)[C@@H]2CCCN2C1=O. The minimum atomic E-state index is -0.775. The molecule has 160 valence electrons. The van der Waals surface area contributed by atoms with Crippen LogP contribution in [0.4, 0.5) is 0 Å². The van der Waals surface area contributed by atoms with Crippen LogP contribution in [-0.4, -0.2) is 70.7 Å². The van der Waals surface area contributed by atoms with E-state index in [9.17, 15) is 19.2 Å². The Morgan fingerprint density at radius 2 is 1.40 bits per heavy atom. The number of carbonyl (C=O) groups excluding carboxylic acids is 4. The van der Waals surface area contributed by atoms with E-state index in [-0.39, 0.29) is 23.6 Å². The summed E-state index contributed by atoms with van der Waals surface area (Å²) in [5.74, 6) is -1.10. The van der Waals surface area contributed by atoms with E-state index < -0.39 is 24.2 Å². The molecular weight excluding hydrogens is 384 g/mol. The van der Waals surface area contributed by atoms with Gasteiger partial charge in [-0.1, -0.05) is 30.3 Å². The second-order valence-electron chi connectivity index (χ2n) is 8.36. The molecule has 0 aromatic heterocycles. The molecule has 4 atom stereocenters. The quantitative estimate of drug-likeness (QED) is 0.726. The summed E-state index contributed by atoms with van der Waals surface area (Å²) in [6.45, 7) is 2.58. The first-order chi connectivity index (χ1) is 14.5. The lowest BCUT2D eigenvalue weighted by molar-refractivity contribution is -0.146. The Labute approximate surface area is 176 Å². The van der Waals surface area contributed by atoms with Crippen molar-refractivity contribution in [3.8, 4) is 0 Å². The standard InChI is InChI=1S/C22H28N4O4/c1-14-21(29)25-11-5-10-18(25)20(28)24-16(13-15-7-3-2-4-8-15)22(30)26-12-6-9-17(26)19(27)23-14/h2-4,7-8,14,16-18H,5-6,9-13H2,1H3,(H,23,27)(H,24,28)/t14-,16+,17-,18-/m0/s1. The molecule has 1 aromatic carbocycles. The lowest BCUT2D eigenvalue weighted by Gasteiger charge is -2.33. The first-order valence-corrected chi connectivity index (χ1v) is 10.7. The van der Waals surface area contributed by atoms with Crippen LogP contribution < -0.4 is 10.6 Å². The molecule has 2 N–H and O–H groups in total. The Morgan fingerprint density at radius 1 is 0.833 bits per heavy atom. The Bertz CT molecular complexity index is 843. The summed E-state index contributed by atoms with van der Waals surface area (Å²) in [6, 6.07) is 6.77. The number of nitrogens with zero attached hydrogens (tertiary/aromatic N) is 2. The van der Waals surface area contributed by atoms with Crippen molar-refractivity contribution < 1.29 is 19.2 Å². The minimum Gasteiger partial charge on any atom is -0.343 e. The van der Waals surface area contributed by atoms with Crippen molar-refractivity contribution in [2.45, 2.75) is 63.2 Å². The molecule has 0 spiro atoms. The summed E-state index contributed by atoms with van der Waals surface area (Å²) in [4.78, 5) is 55.4. The number of benzene rings is 1. The molecule has 8 nitrogen and oxygen atoms in total. The van der Waals surface area contributed by atoms with Gasteiger partial charge >= 0.3 is 0 Å². The van der Waals surface area contributed by atoms with E-state index in [4.69, 9.17) is 0 Å². The van der Waals surface area contributed by atoms with E-state index in [2.05, 4.69) is 10.6 Å². The normalized spacial score (nSPS) is 30.2. The van der Waals surface area contributed by atoms with Gasteiger partial charge in [0, 0.05) is 19.5 Å². The third-order valence-electron chi connectivity index (χ3n) is 6.30. The van der Waals surface area contributed by atoms with Crippen LogP contribution in [0.1, 0.15) is 38.2 Å². The van der Waals surface area contributed by atoms with Gasteiger partial charge in [-0.15, -0.1) is 0 Å². The molecule has 3 aliphatic rings. The zero-order chi connectivity index (χ0) is 21.3. The molecule has 4 rings (SSSR count). The van der Waals surface area contributed by atoms with E-state index in [0.717, 1.165) is 12.0 Å². The van der Waals surface area contributed by atoms with Crippen molar-refractivity contribution in [2.24, 2.45) is 0 Å². The van der Waals surface area contributed by atoms with E-state index in [1.165, 1.54) is 0 Å². The highest BCUT2D eigenvalue weighted by Gasteiger charge is 2.42. The van der Waals surface area contributed by atoms with Crippen LogP contribution in [0.15, 0.2) is 30.3 Å². The number of rotatable bonds is 2. The van der Waals surface area contributed by atoms with Crippen LogP contribution in [0.5, 0.6) is 0 Å². The molecule has 8 heteroatoms. The van der Waals surface area contributed by atoms with Crippen LogP contribution in [-0.2, 0) is 25.6 Å². The van der Waals surface area contributed by atoms with Gasteiger partial charge in [-0.05, 0) is 38.2 Å². The Balaban J connectivity index is 1.67. The van der Waals surface area contributed by atoms with Crippen molar-refractivity contribution in [1.82, 2.24) is 20.4 Å². The number of hydrogen-bond acceptors (Lipinski definition) is 4. The van der Waals surface area contributed by atoms with Crippen molar-refractivity contribution in [3.63, 3.8) is 0 Å². The molecule has 1 aromatic rings. The fourth-order valence-corrected chi connectivity index (χ4v) is 4.74. The minimum absolute atomic E-state index is 0.242. The third-order valence-corrected chi connectivity index (χ3v) is 6.30. The Hall–Kier alpha value is -2.90. The van der Waals surface area contributed by atoms with Crippen molar-refractivity contribution >= 4 is 23.6 Å². The van der Waals surface area contributed by atoms with Crippen molar-refractivity contribution in [3.05, 3.63) is 35.9 Å². The monoisotopic (exact) mass is 412 g/mol. The predicted octanol–water partition coefficient (Wildman–Crippen LogP) is 0.214. The molecule has 3 aliphatic heterocycles. The molecule has 3 heterocycles. The molecule has 0 aliphatic carbocycles. The molecule has 0 bridgehead atoms. The lowest BCUT2D eigenvalue weighted by Crippen LogP contribution is -2.60.